The van der Waals surface area contributed by atoms with Gasteiger partial charge in [0, 0.05) is 29.2 Å². The Balaban J connectivity index is 2.46. The number of nitrogens with two attached hydrogens (primary N) is 1. The summed E-state index contributed by atoms with van der Waals surface area (Å²) in [5, 5.41) is 2.79. The molecule has 0 aromatic heterocycles. The summed E-state index contributed by atoms with van der Waals surface area (Å²) in [6, 6.07) is 6.11. The maximum absolute atomic E-state index is 14.1. The first-order chi connectivity index (χ1) is 11.4. The summed E-state index contributed by atoms with van der Waals surface area (Å²) < 4.78 is 46.0. The van der Waals surface area contributed by atoms with E-state index in [1.165, 1.54) is 13.2 Å². The third-order valence-corrected chi connectivity index (χ3v) is 3.53. The summed E-state index contributed by atoms with van der Waals surface area (Å²) in [6.45, 7) is 0.698. The molecule has 24 heavy (non-hydrogen) atoms. The molecule has 0 radical (unpaired) electrons. The van der Waals surface area contributed by atoms with Crippen LogP contribution in [0.5, 0.6) is 0 Å². The number of hydrogen-bond acceptors (Lipinski definition) is 3. The number of benzene rings is 2. The van der Waals surface area contributed by atoms with Crippen molar-refractivity contribution in [2.24, 2.45) is 10.7 Å². The molecule has 2 aromatic rings. The number of nitrogens with one attached hydrogen (secondary N) is 1. The molecule has 128 valence electrons. The van der Waals surface area contributed by atoms with Crippen LogP contribution in [0.15, 0.2) is 40.2 Å². The zero-order chi connectivity index (χ0) is 17.7. The number of hydrogen-bond donors (Lipinski definition) is 3. The molecule has 0 saturated heterocycles. The van der Waals surface area contributed by atoms with Gasteiger partial charge < -0.3 is 15.8 Å². The van der Waals surface area contributed by atoms with Crippen molar-refractivity contribution in [1.82, 2.24) is 0 Å². The van der Waals surface area contributed by atoms with Gasteiger partial charge in [0.1, 0.15) is 5.82 Å². The number of rotatable bonds is 5. The van der Waals surface area contributed by atoms with Crippen molar-refractivity contribution >= 4 is 24.3 Å². The van der Waals surface area contributed by atoms with Gasteiger partial charge in [-0.05, 0) is 12.1 Å². The van der Waals surface area contributed by atoms with Crippen molar-refractivity contribution in [2.45, 2.75) is 4.90 Å². The Hall–Kier alpha value is -2.19. The van der Waals surface area contributed by atoms with E-state index < -0.39 is 17.5 Å². The number of methoxy groups -OCH3 is 1. The monoisotopic (exact) mass is 355 g/mol. The molecule has 0 spiro atoms. The van der Waals surface area contributed by atoms with E-state index in [1.807, 2.05) is 0 Å². The molecular formula is C16H16F3N3OS. The van der Waals surface area contributed by atoms with Crippen LogP contribution >= 0.6 is 12.6 Å². The molecule has 2 rings (SSSR count). The van der Waals surface area contributed by atoms with Gasteiger partial charge in [0.05, 0.1) is 18.8 Å². The summed E-state index contributed by atoms with van der Waals surface area (Å²) in [6.07, 6.45) is 0. The van der Waals surface area contributed by atoms with Crippen LogP contribution < -0.4 is 11.1 Å². The average Bonchev–Trinajstić information content (AvgIpc) is 2.53. The van der Waals surface area contributed by atoms with E-state index in [0.717, 1.165) is 6.07 Å². The largest absolute Gasteiger partial charge is 0.383 e. The van der Waals surface area contributed by atoms with Crippen LogP contribution in [0, 0.1) is 17.5 Å². The molecule has 0 saturated carbocycles. The lowest BCUT2D eigenvalue weighted by Gasteiger charge is -2.15. The minimum absolute atomic E-state index is 0.0482. The lowest BCUT2D eigenvalue weighted by atomic mass is 10.0. The third kappa shape index (κ3) is 4.21. The molecule has 0 aliphatic rings. The minimum atomic E-state index is -1.28. The van der Waals surface area contributed by atoms with Crippen LogP contribution in [0.25, 0.3) is 11.1 Å². The van der Waals surface area contributed by atoms with Crippen LogP contribution in [0.4, 0.5) is 18.9 Å². The highest BCUT2D eigenvalue weighted by atomic mass is 32.1. The van der Waals surface area contributed by atoms with Gasteiger partial charge in [-0.3, -0.25) is 4.99 Å². The molecule has 0 atom stereocenters. The van der Waals surface area contributed by atoms with E-state index >= 15 is 0 Å². The highest BCUT2D eigenvalue weighted by Crippen LogP contribution is 2.35. The van der Waals surface area contributed by atoms with Gasteiger partial charge in [-0.25, -0.2) is 13.2 Å². The number of nitrogens with zero attached hydrogens (tertiary/aromatic N) is 1. The quantitative estimate of drug-likeness (QED) is 0.253. The minimum Gasteiger partial charge on any atom is -0.383 e. The van der Waals surface area contributed by atoms with Crippen molar-refractivity contribution in [3.63, 3.8) is 0 Å². The Labute approximate surface area is 142 Å². The standard InChI is InChI=1S/C16H16F3N3OS/c1-23-6-5-21-16(20)22-15-10(3-2-4-13(15)24)11-7-9(17)8-12(18)14(11)19/h2-4,7-8,24H,5-6H2,1H3,(H3,20,21,22). The molecule has 3 N–H and O–H groups in total. The fraction of sp³-hybridized carbons (Fsp3) is 0.188. The van der Waals surface area contributed by atoms with Crippen molar-refractivity contribution in [3.05, 3.63) is 47.8 Å². The molecule has 0 heterocycles. The second-order valence-corrected chi connectivity index (χ2v) is 5.32. The lowest BCUT2D eigenvalue weighted by molar-refractivity contribution is 0.208. The summed E-state index contributed by atoms with van der Waals surface area (Å²) in [4.78, 5) is 4.44. The second kappa shape index (κ2) is 8.07. The first kappa shape index (κ1) is 18.2. The Morgan fingerprint density at radius 1 is 1.25 bits per heavy atom. The molecule has 0 unspecified atom stereocenters. The Bertz CT molecular complexity index is 768. The van der Waals surface area contributed by atoms with Crippen LogP contribution in [-0.4, -0.2) is 26.2 Å². The number of thiol groups is 1. The fourth-order valence-electron chi connectivity index (χ4n) is 2.07. The summed E-state index contributed by atoms with van der Waals surface area (Å²) in [7, 11) is 1.53. The molecule has 0 fully saturated rings. The van der Waals surface area contributed by atoms with Crippen molar-refractivity contribution in [2.75, 3.05) is 25.6 Å². The number of halogens is 3. The topological polar surface area (TPSA) is 59.6 Å². The predicted molar refractivity (Wildman–Crippen MR) is 91.0 cm³/mol. The first-order valence-corrected chi connectivity index (χ1v) is 7.41. The van der Waals surface area contributed by atoms with Gasteiger partial charge in [-0.2, -0.15) is 0 Å². The number of guanidine groups is 1. The zero-order valence-electron chi connectivity index (χ0n) is 12.8. The van der Waals surface area contributed by atoms with E-state index in [2.05, 4.69) is 22.9 Å². The van der Waals surface area contributed by atoms with Crippen molar-refractivity contribution in [3.8, 4) is 11.1 Å². The maximum Gasteiger partial charge on any atom is 0.193 e. The van der Waals surface area contributed by atoms with Crippen LogP contribution in [-0.2, 0) is 4.74 Å². The number of aliphatic imine (C=N–C) groups is 1. The SMILES string of the molecule is COCCN=C(N)Nc1c(S)cccc1-c1cc(F)cc(F)c1F. The van der Waals surface area contributed by atoms with Crippen molar-refractivity contribution < 1.29 is 17.9 Å². The second-order valence-electron chi connectivity index (χ2n) is 4.83. The normalized spacial score (nSPS) is 11.6. The summed E-state index contributed by atoms with van der Waals surface area (Å²) in [5.41, 5.74) is 6.03. The fourth-order valence-corrected chi connectivity index (χ4v) is 2.34. The highest BCUT2D eigenvalue weighted by Gasteiger charge is 2.17. The van der Waals surface area contributed by atoms with Crippen LogP contribution in [0.2, 0.25) is 0 Å². The van der Waals surface area contributed by atoms with Gasteiger partial charge >= 0.3 is 0 Å². The molecule has 0 aliphatic heterocycles. The van der Waals surface area contributed by atoms with Gasteiger partial charge in [0.25, 0.3) is 0 Å². The van der Waals surface area contributed by atoms with Crippen molar-refractivity contribution in [1.29, 1.82) is 0 Å². The smallest absolute Gasteiger partial charge is 0.193 e. The van der Waals surface area contributed by atoms with Crippen LogP contribution in [0.3, 0.4) is 0 Å². The first-order valence-electron chi connectivity index (χ1n) is 6.96. The predicted octanol–water partition coefficient (Wildman–Crippen LogP) is 3.43. The van der Waals surface area contributed by atoms with E-state index in [4.69, 9.17) is 10.5 Å². The summed E-state index contributed by atoms with van der Waals surface area (Å²) in [5.74, 6) is -3.27. The molecule has 0 amide bonds. The van der Waals surface area contributed by atoms with E-state index in [9.17, 15) is 13.2 Å². The van der Waals surface area contributed by atoms with E-state index in [1.54, 1.807) is 12.1 Å². The number of para-hydroxylation sites is 1. The average molecular weight is 355 g/mol. The van der Waals surface area contributed by atoms with E-state index in [0.29, 0.717) is 29.8 Å². The molecular weight excluding hydrogens is 339 g/mol. The third-order valence-electron chi connectivity index (χ3n) is 3.16. The molecule has 2 aromatic carbocycles. The van der Waals surface area contributed by atoms with E-state index in [-0.39, 0.29) is 17.1 Å². The molecule has 4 nitrogen and oxygen atoms in total. The molecule has 8 heteroatoms. The number of anilines is 1. The van der Waals surface area contributed by atoms with Gasteiger partial charge in [-0.15, -0.1) is 12.6 Å². The lowest BCUT2D eigenvalue weighted by Crippen LogP contribution is -2.24. The summed E-state index contributed by atoms with van der Waals surface area (Å²) >= 11 is 4.28. The van der Waals surface area contributed by atoms with Gasteiger partial charge in [-0.1, -0.05) is 12.1 Å². The zero-order valence-corrected chi connectivity index (χ0v) is 13.7. The highest BCUT2D eigenvalue weighted by molar-refractivity contribution is 7.80. The maximum atomic E-state index is 14.1. The Morgan fingerprint density at radius 3 is 2.71 bits per heavy atom. The Morgan fingerprint density at radius 2 is 2.00 bits per heavy atom. The van der Waals surface area contributed by atoms with Gasteiger partial charge in [0.2, 0.25) is 0 Å². The number of ether oxygens (including phenoxy) is 1. The molecule has 0 aliphatic carbocycles. The van der Waals surface area contributed by atoms with Crippen LogP contribution in [0.1, 0.15) is 0 Å². The Kier molecular flexibility index (Phi) is 6.10. The molecule has 0 bridgehead atoms. The van der Waals surface area contributed by atoms with Gasteiger partial charge in [0.15, 0.2) is 17.6 Å².